The van der Waals surface area contributed by atoms with Crippen LogP contribution in [-0.4, -0.2) is 123 Å². The van der Waals surface area contributed by atoms with Crippen LogP contribution in [0.1, 0.15) is 51.7 Å². The second-order valence-corrected chi connectivity index (χ2v) is 14.9. The van der Waals surface area contributed by atoms with Gasteiger partial charge < -0.3 is 69.4 Å². The van der Waals surface area contributed by atoms with E-state index in [2.05, 4.69) is 41.9 Å². The van der Waals surface area contributed by atoms with Crippen molar-refractivity contribution >= 4 is 58.3 Å². The number of phenolic OH excluding ortho intramolecular Hbond substituents is 1. The lowest BCUT2D eigenvalue weighted by molar-refractivity contribution is -0.141. The van der Waals surface area contributed by atoms with Crippen molar-refractivity contribution in [3.8, 4) is 5.75 Å². The average molecular weight is 852 g/mol. The molecule has 0 aliphatic carbocycles. The summed E-state index contributed by atoms with van der Waals surface area (Å²) in [7, 11) is 0. The summed E-state index contributed by atoms with van der Waals surface area (Å²) in [4.78, 5) is 99.4. The van der Waals surface area contributed by atoms with Crippen LogP contribution in [0.25, 0.3) is 10.9 Å². The number of guanidine groups is 1. The molecule has 1 aromatic heterocycles. The average Bonchev–Trinajstić information content (AvgIpc) is 3.62. The van der Waals surface area contributed by atoms with Crippen molar-refractivity contribution in [2.75, 3.05) is 13.2 Å². The highest BCUT2D eigenvalue weighted by Crippen LogP contribution is 2.20. The number of aromatic nitrogens is 1. The quantitative estimate of drug-likeness (QED) is 0.0272. The number of rotatable bonds is 23. The summed E-state index contributed by atoms with van der Waals surface area (Å²) in [6.07, 6.45) is 1.58. The van der Waals surface area contributed by atoms with Crippen molar-refractivity contribution in [1.82, 2.24) is 36.9 Å². The molecule has 21 heteroatoms. The minimum atomic E-state index is -1.47. The molecule has 0 aliphatic heterocycles. The van der Waals surface area contributed by atoms with Crippen molar-refractivity contribution in [2.45, 2.75) is 95.7 Å². The van der Waals surface area contributed by atoms with Crippen molar-refractivity contribution in [1.29, 1.82) is 0 Å². The fourth-order valence-corrected chi connectivity index (χ4v) is 5.94. The molecule has 0 radical (unpaired) electrons. The zero-order chi connectivity index (χ0) is 45.4. The van der Waals surface area contributed by atoms with Gasteiger partial charge in [-0.3, -0.25) is 38.6 Å². The molecule has 0 saturated heterocycles. The molecule has 3 rings (SSSR count). The number of carboxylic acid groups (broad SMARTS) is 1. The Balaban J connectivity index is 1.87. The van der Waals surface area contributed by atoms with Crippen molar-refractivity contribution in [3.05, 3.63) is 65.9 Å². The number of phenols is 1. The molecule has 0 fully saturated rings. The van der Waals surface area contributed by atoms with Crippen LogP contribution in [0.15, 0.2) is 59.7 Å². The number of nitrogens with one attached hydrogen (secondary N) is 7. The molecule has 61 heavy (non-hydrogen) atoms. The summed E-state index contributed by atoms with van der Waals surface area (Å²) < 4.78 is 0. The Kier molecular flexibility index (Phi) is 18.5. The number of carbonyl (C=O) groups excluding carboxylic acids is 6. The van der Waals surface area contributed by atoms with Crippen LogP contribution in [-0.2, 0) is 46.4 Å². The summed E-state index contributed by atoms with van der Waals surface area (Å²) in [5.41, 5.74) is 18.6. The van der Waals surface area contributed by atoms with Crippen LogP contribution in [0, 0.1) is 5.92 Å². The number of fused-ring (bicyclic) bond motifs is 1. The number of aromatic amines is 1. The molecule has 0 aliphatic rings. The molecule has 0 saturated carbocycles. The Hall–Kier alpha value is -6.74. The second-order valence-electron chi connectivity index (χ2n) is 14.9. The van der Waals surface area contributed by atoms with Gasteiger partial charge in [-0.1, -0.05) is 44.2 Å². The first kappa shape index (κ1) is 48.6. The number of benzene rings is 2. The standard InChI is InChI=1S/C40H57N11O10/c1-20(2)32(41)38(59)51-31(19-52)37(58)48-28(10-7-15-44-40(42)43)34(55)46-21(3)33(54)49-30(17-24-18-45-27-9-6-5-8-26(24)27)36(57)50-29(35(56)47-22(4)39(60)61)16-23-11-13-25(53)14-12-23/h5-6,8-9,11-14,18,20-22,28-32,45,52-53H,7,10,15-17,19,41H2,1-4H3,(H,46,55)(H,47,56)(H,48,58)(H,49,54)(H,50,57)(H,51,59)(H,60,61)(H4,42,43,44)/t21-,22-,28-,29-,30-,31-,32-/m0/s1. The fourth-order valence-electron chi connectivity index (χ4n) is 5.94. The highest BCUT2D eigenvalue weighted by molar-refractivity contribution is 5.97. The van der Waals surface area contributed by atoms with Gasteiger partial charge in [-0.05, 0) is 61.9 Å². The van der Waals surface area contributed by atoms with Crippen LogP contribution >= 0.6 is 0 Å². The number of aliphatic carboxylic acids is 1. The molecule has 7 atom stereocenters. The van der Waals surface area contributed by atoms with Crippen molar-refractivity contribution < 1.29 is 48.9 Å². The number of aliphatic hydroxyl groups excluding tert-OH is 1. The van der Waals surface area contributed by atoms with Crippen molar-refractivity contribution in [3.63, 3.8) is 0 Å². The largest absolute Gasteiger partial charge is 0.508 e. The van der Waals surface area contributed by atoms with Gasteiger partial charge in [0.25, 0.3) is 0 Å². The number of nitrogens with two attached hydrogens (primary N) is 3. The van der Waals surface area contributed by atoms with Crippen LogP contribution in [0.2, 0.25) is 0 Å². The van der Waals surface area contributed by atoms with E-state index in [4.69, 9.17) is 17.2 Å². The molecule has 0 spiro atoms. The van der Waals surface area contributed by atoms with Gasteiger partial charge in [-0.25, -0.2) is 0 Å². The number of amides is 6. The Morgan fingerprint density at radius 1 is 0.689 bits per heavy atom. The van der Waals surface area contributed by atoms with Gasteiger partial charge in [0.1, 0.15) is 42.0 Å². The first-order valence-electron chi connectivity index (χ1n) is 19.6. The number of hydrogen-bond donors (Lipinski definition) is 13. The lowest BCUT2D eigenvalue weighted by Gasteiger charge is -2.26. The maximum atomic E-state index is 14.1. The SMILES string of the molecule is CC(C)[C@H](N)C(=O)N[C@@H](CO)C(=O)N[C@@H](CCCN=C(N)N)C(=O)N[C@@H](C)C(=O)N[C@@H](Cc1c[nH]c2ccccc12)C(=O)N[C@@H](Cc1ccc(O)cc1)C(=O)N[C@@H](C)C(=O)O. The molecule has 0 bridgehead atoms. The molecule has 332 valence electrons. The number of H-pyrrole nitrogens is 1. The predicted octanol–water partition coefficient (Wildman–Crippen LogP) is -2.28. The third-order valence-corrected chi connectivity index (χ3v) is 9.64. The zero-order valence-corrected chi connectivity index (χ0v) is 34.4. The number of aliphatic imine (C=N–C) groups is 1. The topological polar surface area (TPSA) is 359 Å². The van der Waals surface area contributed by atoms with Crippen LogP contribution in [0.3, 0.4) is 0 Å². The third-order valence-electron chi connectivity index (χ3n) is 9.64. The number of para-hydroxylation sites is 1. The Labute approximate surface area is 352 Å². The van der Waals surface area contributed by atoms with Gasteiger partial charge in [-0.15, -0.1) is 0 Å². The van der Waals surface area contributed by atoms with Crippen LogP contribution < -0.4 is 49.1 Å². The first-order chi connectivity index (χ1) is 28.8. The lowest BCUT2D eigenvalue weighted by Crippen LogP contribution is -2.60. The monoisotopic (exact) mass is 851 g/mol. The van der Waals surface area contributed by atoms with Crippen LogP contribution in [0.4, 0.5) is 0 Å². The predicted molar refractivity (Wildman–Crippen MR) is 224 cm³/mol. The van der Waals surface area contributed by atoms with Gasteiger partial charge in [-0.2, -0.15) is 0 Å². The van der Waals surface area contributed by atoms with E-state index in [9.17, 15) is 48.9 Å². The smallest absolute Gasteiger partial charge is 0.325 e. The fraction of sp³-hybridized carbons (Fsp3) is 0.450. The highest BCUT2D eigenvalue weighted by atomic mass is 16.4. The van der Waals surface area contributed by atoms with E-state index in [0.717, 1.165) is 10.9 Å². The molecule has 1 heterocycles. The van der Waals surface area contributed by atoms with Crippen molar-refractivity contribution in [2.24, 2.45) is 28.1 Å². The molecule has 2 aromatic carbocycles. The number of hydrogen-bond acceptors (Lipinski definition) is 11. The minimum Gasteiger partial charge on any atom is -0.508 e. The highest BCUT2D eigenvalue weighted by Gasteiger charge is 2.33. The van der Waals surface area contributed by atoms with Gasteiger partial charge in [0.15, 0.2) is 5.96 Å². The molecular formula is C40H57N11O10. The lowest BCUT2D eigenvalue weighted by atomic mass is 10.0. The summed E-state index contributed by atoms with van der Waals surface area (Å²) >= 11 is 0. The van der Waals surface area contributed by atoms with Gasteiger partial charge in [0.2, 0.25) is 35.4 Å². The molecule has 3 aromatic rings. The summed E-state index contributed by atoms with van der Waals surface area (Å²) in [6.45, 7) is 5.24. The Morgan fingerprint density at radius 2 is 1.23 bits per heavy atom. The summed E-state index contributed by atoms with van der Waals surface area (Å²) in [5, 5.41) is 44.9. The van der Waals surface area contributed by atoms with E-state index in [1.54, 1.807) is 26.1 Å². The summed E-state index contributed by atoms with van der Waals surface area (Å²) in [5.74, 6) is -6.76. The number of carboxylic acids is 1. The van der Waals surface area contributed by atoms with E-state index in [-0.39, 0.29) is 49.9 Å². The number of carbonyl (C=O) groups is 7. The molecule has 16 N–H and O–H groups in total. The summed E-state index contributed by atoms with van der Waals surface area (Å²) in [6, 6.07) is 3.93. The van der Waals surface area contributed by atoms with Gasteiger partial charge in [0.05, 0.1) is 12.6 Å². The zero-order valence-electron chi connectivity index (χ0n) is 34.4. The molecule has 0 unspecified atom stereocenters. The number of aromatic hydroxyl groups is 1. The number of aliphatic hydroxyl groups is 1. The van der Waals surface area contributed by atoms with E-state index in [1.807, 2.05) is 18.2 Å². The van der Waals surface area contributed by atoms with E-state index < -0.39 is 90.3 Å². The van der Waals surface area contributed by atoms with E-state index >= 15 is 0 Å². The second kappa shape index (κ2) is 23.2. The molecule has 6 amide bonds. The first-order valence-corrected chi connectivity index (χ1v) is 19.6. The maximum absolute atomic E-state index is 14.1. The molecular weight excluding hydrogens is 795 g/mol. The van der Waals surface area contributed by atoms with Crippen LogP contribution in [0.5, 0.6) is 5.75 Å². The normalized spacial score (nSPS) is 14.5. The Morgan fingerprint density at radius 3 is 1.85 bits per heavy atom. The van der Waals surface area contributed by atoms with E-state index in [0.29, 0.717) is 11.1 Å². The van der Waals surface area contributed by atoms with Gasteiger partial charge in [0, 0.05) is 36.5 Å². The molecule has 21 nitrogen and oxygen atoms in total. The minimum absolute atomic E-state index is 0.0409. The number of nitrogens with zero attached hydrogens (tertiary/aromatic N) is 1. The van der Waals surface area contributed by atoms with Gasteiger partial charge >= 0.3 is 5.97 Å². The Bertz CT molecular complexity index is 2030. The third kappa shape index (κ3) is 15.1. The maximum Gasteiger partial charge on any atom is 0.325 e. The van der Waals surface area contributed by atoms with E-state index in [1.165, 1.54) is 38.1 Å².